The third kappa shape index (κ3) is 3.58. The molecule has 0 radical (unpaired) electrons. The largest absolute Gasteiger partial charge is 0.370 e. The van der Waals surface area contributed by atoms with Crippen LogP contribution in [0.1, 0.15) is 12.5 Å². The fourth-order valence-corrected chi connectivity index (χ4v) is 1.27. The van der Waals surface area contributed by atoms with E-state index in [-0.39, 0.29) is 5.82 Å². The van der Waals surface area contributed by atoms with Crippen molar-refractivity contribution in [1.82, 2.24) is 4.90 Å². The van der Waals surface area contributed by atoms with Gasteiger partial charge in [0.25, 0.3) is 0 Å². The van der Waals surface area contributed by atoms with Crippen molar-refractivity contribution in [2.75, 3.05) is 13.6 Å². The van der Waals surface area contributed by atoms with E-state index in [0.29, 0.717) is 19.0 Å². The minimum Gasteiger partial charge on any atom is -0.370 e. The topological polar surface area (TPSA) is 41.6 Å². The van der Waals surface area contributed by atoms with Crippen molar-refractivity contribution in [3.05, 3.63) is 35.6 Å². The molecule has 0 saturated carbocycles. The van der Waals surface area contributed by atoms with E-state index in [4.69, 9.17) is 5.73 Å². The van der Waals surface area contributed by atoms with E-state index in [1.807, 2.05) is 20.0 Å². The van der Waals surface area contributed by atoms with Gasteiger partial charge in [0.1, 0.15) is 5.82 Å². The van der Waals surface area contributed by atoms with Gasteiger partial charge >= 0.3 is 0 Å². The molecule has 0 bridgehead atoms. The Hall–Kier alpha value is -1.58. The Labute approximate surface area is 89.4 Å². The van der Waals surface area contributed by atoms with E-state index in [1.54, 1.807) is 11.0 Å². The fourth-order valence-electron chi connectivity index (χ4n) is 1.27. The Morgan fingerprint density at radius 1 is 1.53 bits per heavy atom. The number of nitrogens with two attached hydrogens (primary N) is 1. The number of halogens is 1. The van der Waals surface area contributed by atoms with E-state index in [0.717, 1.165) is 5.56 Å². The standard InChI is InChI=1S/C11H16FN3/c1-3-14-11(13)15(2)8-9-5-4-6-10(12)7-9/h4-7H,3,8H2,1-2H3,(H2,13,14). The molecule has 82 valence electrons. The number of benzene rings is 1. The maximum absolute atomic E-state index is 12.9. The van der Waals surface area contributed by atoms with Gasteiger partial charge in [-0.05, 0) is 24.6 Å². The first kappa shape index (κ1) is 11.5. The molecule has 0 saturated heterocycles. The summed E-state index contributed by atoms with van der Waals surface area (Å²) in [5.74, 6) is 0.244. The third-order valence-electron chi connectivity index (χ3n) is 2.02. The first-order chi connectivity index (χ1) is 7.13. The molecule has 1 aromatic rings. The number of guanidine groups is 1. The minimum atomic E-state index is -0.230. The Morgan fingerprint density at radius 3 is 2.87 bits per heavy atom. The summed E-state index contributed by atoms with van der Waals surface area (Å²) in [6.45, 7) is 3.13. The van der Waals surface area contributed by atoms with Crippen molar-refractivity contribution in [1.29, 1.82) is 0 Å². The number of nitrogens with zero attached hydrogens (tertiary/aromatic N) is 2. The van der Waals surface area contributed by atoms with Crippen LogP contribution in [-0.4, -0.2) is 24.5 Å². The van der Waals surface area contributed by atoms with Gasteiger partial charge in [0.05, 0.1) is 0 Å². The van der Waals surface area contributed by atoms with Gasteiger partial charge in [-0.25, -0.2) is 4.39 Å². The second kappa shape index (κ2) is 5.34. The molecule has 0 fully saturated rings. The first-order valence-corrected chi connectivity index (χ1v) is 4.89. The fraction of sp³-hybridized carbons (Fsp3) is 0.364. The van der Waals surface area contributed by atoms with Crippen LogP contribution in [0.3, 0.4) is 0 Å². The number of aliphatic imine (C=N–C) groups is 1. The molecule has 4 heteroatoms. The van der Waals surface area contributed by atoms with E-state index >= 15 is 0 Å². The van der Waals surface area contributed by atoms with Gasteiger partial charge in [-0.3, -0.25) is 4.99 Å². The minimum absolute atomic E-state index is 0.230. The molecule has 3 nitrogen and oxygen atoms in total. The lowest BCUT2D eigenvalue weighted by molar-refractivity contribution is 0.490. The van der Waals surface area contributed by atoms with Crippen LogP contribution in [0.4, 0.5) is 4.39 Å². The lowest BCUT2D eigenvalue weighted by Crippen LogP contribution is -2.33. The smallest absolute Gasteiger partial charge is 0.191 e. The predicted octanol–water partition coefficient (Wildman–Crippen LogP) is 1.59. The highest BCUT2D eigenvalue weighted by Gasteiger charge is 2.02. The average Bonchev–Trinajstić information content (AvgIpc) is 2.18. The lowest BCUT2D eigenvalue weighted by atomic mass is 10.2. The SMILES string of the molecule is CCN=C(N)N(C)Cc1cccc(F)c1. The molecule has 0 aliphatic carbocycles. The van der Waals surface area contributed by atoms with Gasteiger partial charge in [0, 0.05) is 20.1 Å². The normalized spacial score (nSPS) is 11.5. The van der Waals surface area contributed by atoms with E-state index in [9.17, 15) is 4.39 Å². The summed E-state index contributed by atoms with van der Waals surface area (Å²) in [4.78, 5) is 5.86. The van der Waals surface area contributed by atoms with E-state index in [1.165, 1.54) is 12.1 Å². The summed E-state index contributed by atoms with van der Waals surface area (Å²) in [6, 6.07) is 6.47. The highest BCUT2D eigenvalue weighted by molar-refractivity contribution is 5.77. The summed E-state index contributed by atoms with van der Waals surface area (Å²) in [6.07, 6.45) is 0. The zero-order valence-electron chi connectivity index (χ0n) is 9.07. The van der Waals surface area contributed by atoms with Gasteiger partial charge in [-0.1, -0.05) is 12.1 Å². The Bertz CT molecular complexity index is 349. The van der Waals surface area contributed by atoms with Crippen LogP contribution in [0.15, 0.2) is 29.3 Å². The second-order valence-corrected chi connectivity index (χ2v) is 3.32. The van der Waals surface area contributed by atoms with Gasteiger partial charge in [-0.2, -0.15) is 0 Å². The van der Waals surface area contributed by atoms with Crippen LogP contribution in [-0.2, 0) is 6.54 Å². The predicted molar refractivity (Wildman–Crippen MR) is 60.0 cm³/mol. The van der Waals surface area contributed by atoms with Crippen LogP contribution in [0.5, 0.6) is 0 Å². The molecule has 0 heterocycles. The number of hydrogen-bond acceptors (Lipinski definition) is 1. The lowest BCUT2D eigenvalue weighted by Gasteiger charge is -2.17. The van der Waals surface area contributed by atoms with Crippen molar-refractivity contribution in [3.8, 4) is 0 Å². The van der Waals surface area contributed by atoms with Crippen LogP contribution in [0, 0.1) is 5.82 Å². The van der Waals surface area contributed by atoms with Gasteiger partial charge in [0.2, 0.25) is 0 Å². The van der Waals surface area contributed by atoms with Crippen molar-refractivity contribution in [3.63, 3.8) is 0 Å². The van der Waals surface area contributed by atoms with Crippen molar-refractivity contribution >= 4 is 5.96 Å². The Kier molecular flexibility index (Phi) is 4.09. The zero-order valence-corrected chi connectivity index (χ0v) is 9.07. The van der Waals surface area contributed by atoms with Crippen LogP contribution < -0.4 is 5.73 Å². The summed E-state index contributed by atoms with van der Waals surface area (Å²) < 4.78 is 12.9. The molecular formula is C11H16FN3. The first-order valence-electron chi connectivity index (χ1n) is 4.89. The molecule has 0 atom stereocenters. The summed E-state index contributed by atoms with van der Waals surface area (Å²) in [7, 11) is 1.83. The van der Waals surface area contributed by atoms with E-state index < -0.39 is 0 Å². The molecule has 2 N–H and O–H groups in total. The molecule has 15 heavy (non-hydrogen) atoms. The van der Waals surface area contributed by atoms with Crippen molar-refractivity contribution in [2.45, 2.75) is 13.5 Å². The van der Waals surface area contributed by atoms with Gasteiger partial charge < -0.3 is 10.6 Å². The molecular weight excluding hydrogens is 193 g/mol. The molecule has 0 aliphatic heterocycles. The van der Waals surface area contributed by atoms with Crippen LogP contribution in [0.25, 0.3) is 0 Å². The zero-order chi connectivity index (χ0) is 11.3. The molecule has 0 aliphatic rings. The average molecular weight is 209 g/mol. The number of rotatable bonds is 3. The van der Waals surface area contributed by atoms with Gasteiger partial charge in [-0.15, -0.1) is 0 Å². The number of hydrogen-bond donors (Lipinski definition) is 1. The van der Waals surface area contributed by atoms with Crippen LogP contribution >= 0.6 is 0 Å². The maximum atomic E-state index is 12.9. The molecule has 0 unspecified atom stereocenters. The van der Waals surface area contributed by atoms with Crippen LogP contribution in [0.2, 0.25) is 0 Å². The Morgan fingerprint density at radius 2 is 2.27 bits per heavy atom. The second-order valence-electron chi connectivity index (χ2n) is 3.32. The third-order valence-corrected chi connectivity index (χ3v) is 2.02. The monoisotopic (exact) mass is 209 g/mol. The quantitative estimate of drug-likeness (QED) is 0.606. The molecule has 0 aromatic heterocycles. The Balaban J connectivity index is 2.66. The maximum Gasteiger partial charge on any atom is 0.191 e. The molecule has 1 aromatic carbocycles. The summed E-state index contributed by atoms with van der Waals surface area (Å²) in [5.41, 5.74) is 6.58. The highest BCUT2D eigenvalue weighted by Crippen LogP contribution is 2.05. The highest BCUT2D eigenvalue weighted by atomic mass is 19.1. The van der Waals surface area contributed by atoms with E-state index in [2.05, 4.69) is 4.99 Å². The van der Waals surface area contributed by atoms with Gasteiger partial charge in [0.15, 0.2) is 5.96 Å². The van der Waals surface area contributed by atoms with Crippen molar-refractivity contribution < 1.29 is 4.39 Å². The summed E-state index contributed by atoms with van der Waals surface area (Å²) in [5, 5.41) is 0. The van der Waals surface area contributed by atoms with Crippen molar-refractivity contribution in [2.24, 2.45) is 10.7 Å². The summed E-state index contributed by atoms with van der Waals surface area (Å²) >= 11 is 0. The molecule has 0 spiro atoms. The molecule has 0 amide bonds. The molecule has 1 rings (SSSR count).